The van der Waals surface area contributed by atoms with Crippen LogP contribution in [0.4, 0.5) is 0 Å². The number of carbonyl (C=O) groups excluding carboxylic acids is 1. The highest BCUT2D eigenvalue weighted by molar-refractivity contribution is 7.92. The van der Waals surface area contributed by atoms with Gasteiger partial charge in [0.1, 0.15) is 5.75 Å². The van der Waals surface area contributed by atoms with Crippen LogP contribution in [0.5, 0.6) is 5.75 Å². The van der Waals surface area contributed by atoms with Crippen molar-refractivity contribution in [3.8, 4) is 5.75 Å². The molecule has 3 rings (SSSR count). The number of nitrogens with zero attached hydrogens (tertiary/aromatic N) is 1. The number of carbonyl (C=O) groups is 1. The minimum Gasteiger partial charge on any atom is -0.497 e. The van der Waals surface area contributed by atoms with Crippen LogP contribution in [0.2, 0.25) is 0 Å². The van der Waals surface area contributed by atoms with Gasteiger partial charge in [-0.25, -0.2) is 8.42 Å². The largest absolute Gasteiger partial charge is 0.497 e. The fourth-order valence-corrected chi connectivity index (χ4v) is 5.52. The Hall–Kier alpha value is -2.34. The first-order chi connectivity index (χ1) is 13.2. The third-order valence-electron chi connectivity index (χ3n) is 5.75. The number of methoxy groups -OCH3 is 1. The number of sulfone groups is 1. The number of ether oxygens (including phenoxy) is 1. The molecule has 2 aromatic carbocycles. The molecule has 0 radical (unpaired) electrons. The molecule has 28 heavy (non-hydrogen) atoms. The predicted octanol–water partition coefficient (Wildman–Crippen LogP) is 3.46. The van der Waals surface area contributed by atoms with E-state index in [1.807, 2.05) is 38.1 Å². The zero-order chi connectivity index (χ0) is 20.5. The summed E-state index contributed by atoms with van der Waals surface area (Å²) in [4.78, 5) is 14.8. The number of rotatable bonds is 6. The molecule has 1 fully saturated rings. The van der Waals surface area contributed by atoms with Crippen molar-refractivity contribution in [2.24, 2.45) is 11.8 Å². The van der Waals surface area contributed by atoms with Crippen LogP contribution in [-0.2, 0) is 21.2 Å². The molecule has 6 heteroatoms. The number of likely N-dealkylation sites (tertiary alicyclic amines) is 1. The summed E-state index contributed by atoms with van der Waals surface area (Å²) in [6, 6.07) is 14.5. The Balaban J connectivity index is 1.77. The van der Waals surface area contributed by atoms with Crippen LogP contribution in [0.25, 0.3) is 0 Å². The Morgan fingerprint density at radius 3 is 2.29 bits per heavy atom. The summed E-state index contributed by atoms with van der Waals surface area (Å²) < 4.78 is 31.3. The standard InChI is InChI=1S/C22H27NO4S/c1-15-5-11-20(12-6-15)28(25,26)17(3)21-14-23(22(24)16(21)2)13-18-7-9-19(27-4)10-8-18/h5-12,16-17,21H,13-14H2,1-4H3. The van der Waals surface area contributed by atoms with E-state index in [0.717, 1.165) is 16.9 Å². The Labute approximate surface area is 167 Å². The quantitative estimate of drug-likeness (QED) is 0.744. The van der Waals surface area contributed by atoms with Crippen LogP contribution in [0, 0.1) is 18.8 Å². The average Bonchev–Trinajstić information content (AvgIpc) is 2.96. The molecule has 3 atom stereocenters. The first-order valence-corrected chi connectivity index (χ1v) is 11.0. The fraction of sp³-hybridized carbons (Fsp3) is 0.409. The first-order valence-electron chi connectivity index (χ1n) is 9.46. The molecule has 3 unspecified atom stereocenters. The molecule has 1 saturated heterocycles. The van der Waals surface area contributed by atoms with Gasteiger partial charge in [0.15, 0.2) is 9.84 Å². The van der Waals surface area contributed by atoms with Gasteiger partial charge in [-0.3, -0.25) is 4.79 Å². The maximum absolute atomic E-state index is 13.1. The number of hydrogen-bond donors (Lipinski definition) is 0. The van der Waals surface area contributed by atoms with Crippen molar-refractivity contribution in [2.75, 3.05) is 13.7 Å². The first kappa shape index (κ1) is 20.4. The van der Waals surface area contributed by atoms with E-state index in [0.29, 0.717) is 18.0 Å². The van der Waals surface area contributed by atoms with Crippen molar-refractivity contribution in [3.05, 3.63) is 59.7 Å². The summed E-state index contributed by atoms with van der Waals surface area (Å²) in [6.07, 6.45) is 0. The van der Waals surface area contributed by atoms with Crippen molar-refractivity contribution >= 4 is 15.7 Å². The highest BCUT2D eigenvalue weighted by atomic mass is 32.2. The number of hydrogen-bond acceptors (Lipinski definition) is 4. The minimum absolute atomic E-state index is 0.00627. The van der Waals surface area contributed by atoms with E-state index < -0.39 is 15.1 Å². The lowest BCUT2D eigenvalue weighted by Crippen LogP contribution is -2.32. The highest BCUT2D eigenvalue weighted by Gasteiger charge is 2.44. The molecule has 1 aliphatic heterocycles. The second-order valence-corrected chi connectivity index (χ2v) is 9.89. The average molecular weight is 402 g/mol. The molecule has 0 N–H and O–H groups in total. The lowest BCUT2D eigenvalue weighted by Gasteiger charge is -2.22. The van der Waals surface area contributed by atoms with E-state index in [1.165, 1.54) is 0 Å². The van der Waals surface area contributed by atoms with Crippen LogP contribution in [0.15, 0.2) is 53.4 Å². The van der Waals surface area contributed by atoms with Gasteiger partial charge in [0.25, 0.3) is 0 Å². The van der Waals surface area contributed by atoms with Crippen LogP contribution >= 0.6 is 0 Å². The van der Waals surface area contributed by atoms with Gasteiger partial charge in [0.2, 0.25) is 5.91 Å². The summed E-state index contributed by atoms with van der Waals surface area (Å²) in [5.74, 6) is 0.206. The third kappa shape index (κ3) is 3.92. The molecule has 2 aromatic rings. The van der Waals surface area contributed by atoms with E-state index in [9.17, 15) is 13.2 Å². The van der Waals surface area contributed by atoms with Gasteiger partial charge in [-0.05, 0) is 43.7 Å². The highest BCUT2D eigenvalue weighted by Crippen LogP contribution is 2.34. The van der Waals surface area contributed by atoms with Crippen LogP contribution in [-0.4, -0.2) is 38.1 Å². The summed E-state index contributed by atoms with van der Waals surface area (Å²) in [6.45, 7) is 6.40. The summed E-state index contributed by atoms with van der Waals surface area (Å²) >= 11 is 0. The van der Waals surface area contributed by atoms with E-state index >= 15 is 0 Å². The molecule has 0 saturated carbocycles. The second-order valence-electron chi connectivity index (χ2n) is 7.58. The topological polar surface area (TPSA) is 63.7 Å². The molecule has 0 bridgehead atoms. The van der Waals surface area contributed by atoms with Gasteiger partial charge in [-0.1, -0.05) is 36.8 Å². The van der Waals surface area contributed by atoms with E-state index in [2.05, 4.69) is 0 Å². The maximum Gasteiger partial charge on any atom is 0.226 e. The summed E-state index contributed by atoms with van der Waals surface area (Å²) in [5.41, 5.74) is 2.01. The van der Waals surface area contributed by atoms with Gasteiger partial charge in [0, 0.05) is 24.9 Å². The molecule has 150 valence electrons. The van der Waals surface area contributed by atoms with Gasteiger partial charge < -0.3 is 9.64 Å². The third-order valence-corrected chi connectivity index (χ3v) is 8.01. The lowest BCUT2D eigenvalue weighted by atomic mass is 9.95. The van der Waals surface area contributed by atoms with Gasteiger partial charge >= 0.3 is 0 Å². The second kappa shape index (κ2) is 7.95. The molecular weight excluding hydrogens is 374 g/mol. The predicted molar refractivity (Wildman–Crippen MR) is 109 cm³/mol. The Morgan fingerprint density at radius 1 is 1.11 bits per heavy atom. The van der Waals surface area contributed by atoms with Crippen molar-refractivity contribution in [3.63, 3.8) is 0 Å². The van der Waals surface area contributed by atoms with Gasteiger partial charge in [-0.2, -0.15) is 0 Å². The fourth-order valence-electron chi connectivity index (χ4n) is 3.80. The van der Waals surface area contributed by atoms with Crippen LogP contribution in [0.1, 0.15) is 25.0 Å². The molecular formula is C22H27NO4S. The number of aryl methyl sites for hydroxylation is 1. The minimum atomic E-state index is -3.50. The number of benzene rings is 2. The Bertz CT molecular complexity index is 936. The smallest absolute Gasteiger partial charge is 0.226 e. The zero-order valence-electron chi connectivity index (χ0n) is 16.8. The summed E-state index contributed by atoms with van der Waals surface area (Å²) in [7, 11) is -1.88. The van der Waals surface area contributed by atoms with Crippen LogP contribution < -0.4 is 4.74 Å². The molecule has 1 heterocycles. The lowest BCUT2D eigenvalue weighted by molar-refractivity contribution is -0.131. The molecule has 1 aliphatic rings. The molecule has 5 nitrogen and oxygen atoms in total. The zero-order valence-corrected chi connectivity index (χ0v) is 17.6. The number of amides is 1. The summed E-state index contributed by atoms with van der Waals surface area (Å²) in [5, 5.41) is -0.630. The Morgan fingerprint density at radius 2 is 1.71 bits per heavy atom. The van der Waals surface area contributed by atoms with E-state index in [4.69, 9.17) is 4.74 Å². The monoisotopic (exact) mass is 401 g/mol. The van der Waals surface area contributed by atoms with Crippen molar-refractivity contribution < 1.29 is 17.9 Å². The van der Waals surface area contributed by atoms with Crippen LogP contribution in [0.3, 0.4) is 0 Å². The SMILES string of the molecule is COc1ccc(CN2CC(C(C)S(=O)(=O)c3ccc(C)cc3)C(C)C2=O)cc1. The maximum atomic E-state index is 13.1. The van der Waals surface area contributed by atoms with Crippen molar-refractivity contribution in [2.45, 2.75) is 37.5 Å². The van der Waals surface area contributed by atoms with Crippen molar-refractivity contribution in [1.82, 2.24) is 4.90 Å². The van der Waals surface area contributed by atoms with Crippen molar-refractivity contribution in [1.29, 1.82) is 0 Å². The Kier molecular flexibility index (Phi) is 5.79. The normalized spacial score (nSPS) is 21.0. The molecule has 0 aliphatic carbocycles. The van der Waals surface area contributed by atoms with E-state index in [-0.39, 0.29) is 17.7 Å². The van der Waals surface area contributed by atoms with E-state index in [1.54, 1.807) is 43.2 Å². The molecule has 0 spiro atoms. The molecule has 0 aromatic heterocycles. The van der Waals surface area contributed by atoms with Gasteiger partial charge in [-0.15, -0.1) is 0 Å². The molecule has 1 amide bonds. The van der Waals surface area contributed by atoms with Gasteiger partial charge in [0.05, 0.1) is 17.3 Å².